The van der Waals surface area contributed by atoms with Crippen LogP contribution in [-0.2, 0) is 5.41 Å². The van der Waals surface area contributed by atoms with Crippen molar-refractivity contribution >= 4 is 17.3 Å². The van der Waals surface area contributed by atoms with E-state index in [0.717, 1.165) is 5.56 Å². The average molecular weight is 306 g/mol. The Morgan fingerprint density at radius 1 is 1.05 bits per heavy atom. The first-order chi connectivity index (χ1) is 9.80. The highest BCUT2D eigenvalue weighted by atomic mass is 35.5. The lowest BCUT2D eigenvalue weighted by atomic mass is 9.86. The normalized spacial score (nSPS) is 11.2. The highest BCUT2D eigenvalue weighted by Crippen LogP contribution is 2.40. The van der Waals surface area contributed by atoms with Gasteiger partial charge >= 0.3 is 5.69 Å². The Morgan fingerprint density at radius 2 is 1.67 bits per heavy atom. The molecule has 4 nitrogen and oxygen atoms in total. The van der Waals surface area contributed by atoms with Gasteiger partial charge < -0.3 is 4.74 Å². The summed E-state index contributed by atoms with van der Waals surface area (Å²) in [6.07, 6.45) is 0. The van der Waals surface area contributed by atoms with Crippen LogP contribution >= 0.6 is 11.6 Å². The first-order valence-electron chi connectivity index (χ1n) is 6.51. The first kappa shape index (κ1) is 15.3. The molecule has 21 heavy (non-hydrogen) atoms. The third-order valence-electron chi connectivity index (χ3n) is 3.05. The van der Waals surface area contributed by atoms with Crippen LogP contribution in [0.1, 0.15) is 26.3 Å². The molecule has 0 aliphatic carbocycles. The number of benzene rings is 2. The van der Waals surface area contributed by atoms with Crippen LogP contribution in [0.2, 0.25) is 5.02 Å². The Morgan fingerprint density at radius 3 is 2.29 bits per heavy atom. The van der Waals surface area contributed by atoms with E-state index in [1.54, 1.807) is 18.2 Å². The molecule has 0 spiro atoms. The van der Waals surface area contributed by atoms with E-state index in [0.29, 0.717) is 5.75 Å². The molecule has 0 unspecified atom stereocenters. The van der Waals surface area contributed by atoms with Crippen molar-refractivity contribution in [3.63, 3.8) is 0 Å². The Kier molecular flexibility index (Phi) is 4.19. The second-order valence-electron chi connectivity index (χ2n) is 5.69. The monoisotopic (exact) mass is 305 g/mol. The molecular formula is C16H16ClNO3. The number of hydrogen-bond acceptors (Lipinski definition) is 3. The van der Waals surface area contributed by atoms with Crippen LogP contribution in [0.5, 0.6) is 11.5 Å². The Hall–Kier alpha value is -2.07. The fourth-order valence-electron chi connectivity index (χ4n) is 2.05. The van der Waals surface area contributed by atoms with Gasteiger partial charge in [-0.15, -0.1) is 0 Å². The minimum absolute atomic E-state index is 0.0609. The van der Waals surface area contributed by atoms with Gasteiger partial charge in [-0.2, -0.15) is 0 Å². The van der Waals surface area contributed by atoms with E-state index in [-0.39, 0.29) is 21.9 Å². The van der Waals surface area contributed by atoms with Crippen molar-refractivity contribution in [3.8, 4) is 11.5 Å². The molecule has 0 aromatic heterocycles. The van der Waals surface area contributed by atoms with Crippen LogP contribution in [0, 0.1) is 10.1 Å². The lowest BCUT2D eigenvalue weighted by Crippen LogP contribution is -2.12. The molecule has 2 rings (SSSR count). The smallest absolute Gasteiger partial charge is 0.329 e. The number of nitro groups is 1. The van der Waals surface area contributed by atoms with Crippen molar-refractivity contribution in [1.29, 1.82) is 0 Å². The largest absolute Gasteiger partial charge is 0.450 e. The third-order valence-corrected chi connectivity index (χ3v) is 3.35. The average Bonchev–Trinajstić information content (AvgIpc) is 2.37. The quantitative estimate of drug-likeness (QED) is 0.568. The molecule has 0 heterocycles. The number of rotatable bonds is 3. The number of hydrogen-bond donors (Lipinski definition) is 0. The fraction of sp³-hybridized carbons (Fsp3) is 0.250. The molecule has 0 amide bonds. The van der Waals surface area contributed by atoms with Gasteiger partial charge in [-0.05, 0) is 23.6 Å². The summed E-state index contributed by atoms with van der Waals surface area (Å²) < 4.78 is 5.78. The molecule has 0 aliphatic rings. The van der Waals surface area contributed by atoms with Gasteiger partial charge in [-0.1, -0.05) is 56.6 Å². The van der Waals surface area contributed by atoms with Gasteiger partial charge in [0.1, 0.15) is 10.8 Å². The van der Waals surface area contributed by atoms with Gasteiger partial charge in [0.2, 0.25) is 5.75 Å². The van der Waals surface area contributed by atoms with Crippen LogP contribution in [0.15, 0.2) is 42.5 Å². The van der Waals surface area contributed by atoms with E-state index < -0.39 is 4.92 Å². The lowest BCUT2D eigenvalue weighted by Gasteiger charge is -2.22. The van der Waals surface area contributed by atoms with Crippen LogP contribution in [0.3, 0.4) is 0 Å². The molecule has 0 atom stereocenters. The molecule has 0 saturated carbocycles. The molecule has 2 aromatic carbocycles. The zero-order chi connectivity index (χ0) is 15.6. The number of nitro benzene ring substituents is 1. The Balaban J connectivity index is 2.50. The summed E-state index contributed by atoms with van der Waals surface area (Å²) in [4.78, 5) is 10.6. The zero-order valence-electron chi connectivity index (χ0n) is 12.1. The maximum atomic E-state index is 11.2. The van der Waals surface area contributed by atoms with E-state index in [1.807, 2.05) is 18.2 Å². The molecule has 0 aliphatic heterocycles. The minimum Gasteiger partial charge on any atom is -0.450 e. The van der Waals surface area contributed by atoms with E-state index >= 15 is 0 Å². The van der Waals surface area contributed by atoms with Gasteiger partial charge in [-0.25, -0.2) is 0 Å². The lowest BCUT2D eigenvalue weighted by molar-refractivity contribution is -0.385. The molecule has 0 radical (unpaired) electrons. The SMILES string of the molecule is CC(C)(C)c1ccccc1Oc1cccc(Cl)c1[N+](=O)[O-]. The zero-order valence-corrected chi connectivity index (χ0v) is 12.8. The number of ether oxygens (including phenoxy) is 1. The Bertz CT molecular complexity index is 677. The highest BCUT2D eigenvalue weighted by molar-refractivity contribution is 6.32. The van der Waals surface area contributed by atoms with E-state index in [9.17, 15) is 10.1 Å². The summed E-state index contributed by atoms with van der Waals surface area (Å²) in [7, 11) is 0. The Labute approximate surface area is 128 Å². The van der Waals surface area contributed by atoms with Crippen molar-refractivity contribution in [1.82, 2.24) is 0 Å². The van der Waals surface area contributed by atoms with Crippen LogP contribution < -0.4 is 4.74 Å². The van der Waals surface area contributed by atoms with E-state index in [2.05, 4.69) is 20.8 Å². The van der Waals surface area contributed by atoms with Gasteiger partial charge in [-0.3, -0.25) is 10.1 Å². The molecular weight excluding hydrogens is 290 g/mol. The van der Waals surface area contributed by atoms with Gasteiger partial charge in [0.25, 0.3) is 0 Å². The first-order valence-corrected chi connectivity index (χ1v) is 6.89. The van der Waals surface area contributed by atoms with E-state index in [4.69, 9.17) is 16.3 Å². The number of halogens is 1. The predicted molar refractivity (Wildman–Crippen MR) is 83.3 cm³/mol. The minimum atomic E-state index is -0.530. The molecule has 110 valence electrons. The maximum Gasteiger partial charge on any atom is 0.329 e. The molecule has 5 heteroatoms. The van der Waals surface area contributed by atoms with Crippen LogP contribution in [-0.4, -0.2) is 4.92 Å². The maximum absolute atomic E-state index is 11.2. The summed E-state index contributed by atoms with van der Waals surface area (Å²) >= 11 is 5.90. The fourth-order valence-corrected chi connectivity index (χ4v) is 2.28. The number of para-hydroxylation sites is 2. The molecule has 0 fully saturated rings. The molecule has 0 bridgehead atoms. The van der Waals surface area contributed by atoms with Crippen molar-refractivity contribution in [2.45, 2.75) is 26.2 Å². The van der Waals surface area contributed by atoms with Crippen molar-refractivity contribution in [3.05, 3.63) is 63.2 Å². The summed E-state index contributed by atoms with van der Waals surface area (Å²) in [5.41, 5.74) is 0.617. The highest BCUT2D eigenvalue weighted by Gasteiger charge is 2.23. The molecule has 0 saturated heterocycles. The third kappa shape index (κ3) is 3.34. The summed E-state index contributed by atoms with van der Waals surface area (Å²) in [5, 5.41) is 11.2. The topological polar surface area (TPSA) is 52.4 Å². The molecule has 2 aromatic rings. The van der Waals surface area contributed by atoms with E-state index in [1.165, 1.54) is 6.07 Å². The van der Waals surface area contributed by atoms with Crippen LogP contribution in [0.25, 0.3) is 0 Å². The van der Waals surface area contributed by atoms with Crippen molar-refractivity contribution < 1.29 is 9.66 Å². The summed E-state index contributed by atoms with van der Waals surface area (Å²) in [6.45, 7) is 6.17. The second-order valence-corrected chi connectivity index (χ2v) is 6.10. The van der Waals surface area contributed by atoms with Crippen molar-refractivity contribution in [2.75, 3.05) is 0 Å². The molecule has 0 N–H and O–H groups in total. The predicted octanol–water partition coefficient (Wildman–Crippen LogP) is 5.34. The van der Waals surface area contributed by atoms with Crippen molar-refractivity contribution in [2.24, 2.45) is 0 Å². The number of nitrogens with zero attached hydrogens (tertiary/aromatic N) is 1. The second kappa shape index (κ2) is 5.74. The van der Waals surface area contributed by atoms with Gasteiger partial charge in [0.15, 0.2) is 0 Å². The standard InChI is InChI=1S/C16H16ClNO3/c1-16(2,3)11-7-4-5-9-13(11)21-14-10-6-8-12(17)15(14)18(19)20/h4-10H,1-3H3. The van der Waals surface area contributed by atoms with Gasteiger partial charge in [0.05, 0.1) is 4.92 Å². The van der Waals surface area contributed by atoms with Crippen LogP contribution in [0.4, 0.5) is 5.69 Å². The summed E-state index contributed by atoms with van der Waals surface area (Å²) in [5.74, 6) is 0.736. The van der Waals surface area contributed by atoms with Gasteiger partial charge in [0, 0.05) is 5.56 Å². The summed E-state index contributed by atoms with van der Waals surface area (Å²) in [6, 6.07) is 12.1.